The van der Waals surface area contributed by atoms with Gasteiger partial charge in [0.2, 0.25) is 0 Å². The largest absolute Gasteiger partial charge is 0.480 e. The van der Waals surface area contributed by atoms with Crippen LogP contribution >= 0.6 is 0 Å². The minimum absolute atomic E-state index is 0.364. The maximum atomic E-state index is 11.5. The number of aliphatic carboxylic acids is 1. The zero-order chi connectivity index (χ0) is 14.7. The Morgan fingerprint density at radius 3 is 2.42 bits per heavy atom. The summed E-state index contributed by atoms with van der Waals surface area (Å²) in [4.78, 5) is 22.5. The third-order valence-corrected chi connectivity index (χ3v) is 2.69. The van der Waals surface area contributed by atoms with Crippen LogP contribution in [0.2, 0.25) is 0 Å². The van der Waals surface area contributed by atoms with Crippen LogP contribution < -0.4 is 10.6 Å². The second-order valence-corrected chi connectivity index (χ2v) is 4.96. The van der Waals surface area contributed by atoms with Crippen LogP contribution in [0, 0.1) is 5.92 Å². The highest BCUT2D eigenvalue weighted by Crippen LogP contribution is 2.02. The van der Waals surface area contributed by atoms with E-state index >= 15 is 0 Å². The quantitative estimate of drug-likeness (QED) is 0.528. The molecule has 0 aliphatic rings. The number of urea groups is 1. The number of carboxylic acid groups (broad SMARTS) is 1. The molecule has 0 aromatic heterocycles. The van der Waals surface area contributed by atoms with Gasteiger partial charge in [-0.05, 0) is 31.6 Å². The van der Waals surface area contributed by atoms with E-state index in [1.807, 2.05) is 0 Å². The van der Waals surface area contributed by atoms with Crippen LogP contribution in [0.3, 0.4) is 0 Å². The average Bonchev–Trinajstić information content (AvgIpc) is 2.33. The molecule has 19 heavy (non-hydrogen) atoms. The van der Waals surface area contributed by atoms with Crippen molar-refractivity contribution >= 4 is 12.0 Å². The van der Waals surface area contributed by atoms with Crippen molar-refractivity contribution < 1.29 is 19.4 Å². The zero-order valence-corrected chi connectivity index (χ0v) is 12.1. The minimum atomic E-state index is -1.02. The first-order chi connectivity index (χ1) is 8.97. The maximum absolute atomic E-state index is 11.5. The predicted molar refractivity (Wildman–Crippen MR) is 73.1 cm³/mol. The molecule has 0 radical (unpaired) electrons. The highest BCUT2D eigenvalue weighted by atomic mass is 16.5. The van der Waals surface area contributed by atoms with E-state index in [9.17, 15) is 9.59 Å². The van der Waals surface area contributed by atoms with Crippen molar-refractivity contribution in [1.29, 1.82) is 0 Å². The van der Waals surface area contributed by atoms with Crippen molar-refractivity contribution in [3.8, 4) is 0 Å². The third kappa shape index (κ3) is 10.3. The Labute approximate surface area is 114 Å². The molecule has 3 N–H and O–H groups in total. The fourth-order valence-corrected chi connectivity index (χ4v) is 1.61. The van der Waals surface area contributed by atoms with E-state index < -0.39 is 18.0 Å². The van der Waals surface area contributed by atoms with E-state index in [0.717, 1.165) is 12.8 Å². The first-order valence-corrected chi connectivity index (χ1v) is 6.73. The number of amides is 2. The molecule has 0 heterocycles. The molecule has 0 bridgehead atoms. The number of carbonyl (C=O) groups excluding carboxylic acids is 1. The molecule has 0 aromatic carbocycles. The molecule has 0 rings (SSSR count). The molecule has 6 heteroatoms. The van der Waals surface area contributed by atoms with E-state index in [-0.39, 0.29) is 0 Å². The van der Waals surface area contributed by atoms with Gasteiger partial charge in [-0.3, -0.25) is 0 Å². The van der Waals surface area contributed by atoms with E-state index in [2.05, 4.69) is 24.5 Å². The van der Waals surface area contributed by atoms with Crippen molar-refractivity contribution in [2.45, 2.75) is 45.6 Å². The van der Waals surface area contributed by atoms with Crippen molar-refractivity contribution in [3.63, 3.8) is 0 Å². The molecule has 6 nitrogen and oxygen atoms in total. The summed E-state index contributed by atoms with van der Waals surface area (Å²) < 4.78 is 4.86. The van der Waals surface area contributed by atoms with Gasteiger partial charge in [0.1, 0.15) is 6.04 Å². The Hall–Kier alpha value is -1.30. The lowest BCUT2D eigenvalue weighted by Gasteiger charge is -2.15. The molecule has 0 aliphatic carbocycles. The number of carbonyl (C=O) groups is 2. The second kappa shape index (κ2) is 10.6. The second-order valence-electron chi connectivity index (χ2n) is 4.96. The van der Waals surface area contributed by atoms with Gasteiger partial charge in [0, 0.05) is 20.3 Å². The molecule has 0 fully saturated rings. The van der Waals surface area contributed by atoms with E-state index in [1.165, 1.54) is 0 Å². The minimum Gasteiger partial charge on any atom is -0.480 e. The topological polar surface area (TPSA) is 87.7 Å². The van der Waals surface area contributed by atoms with Crippen molar-refractivity contribution in [2.24, 2.45) is 5.92 Å². The summed E-state index contributed by atoms with van der Waals surface area (Å²) in [6.07, 6.45) is 2.90. The van der Waals surface area contributed by atoms with Gasteiger partial charge in [0.05, 0.1) is 0 Å². The molecule has 0 aliphatic heterocycles. The summed E-state index contributed by atoms with van der Waals surface area (Å²) >= 11 is 0. The van der Waals surface area contributed by atoms with E-state index in [4.69, 9.17) is 9.84 Å². The summed E-state index contributed by atoms with van der Waals surface area (Å²) in [5.74, 6) is -0.417. The molecule has 1 unspecified atom stereocenters. The van der Waals surface area contributed by atoms with Crippen LogP contribution in [-0.2, 0) is 9.53 Å². The van der Waals surface area contributed by atoms with Gasteiger partial charge >= 0.3 is 12.0 Å². The van der Waals surface area contributed by atoms with Gasteiger partial charge in [-0.1, -0.05) is 13.8 Å². The fraction of sp³-hybridized carbons (Fsp3) is 0.846. The lowest BCUT2D eigenvalue weighted by molar-refractivity contribution is -0.139. The fourth-order valence-electron chi connectivity index (χ4n) is 1.61. The number of carboxylic acids is 1. The molecular formula is C13H26N2O4. The lowest BCUT2D eigenvalue weighted by Crippen LogP contribution is -2.46. The zero-order valence-electron chi connectivity index (χ0n) is 12.1. The van der Waals surface area contributed by atoms with Gasteiger partial charge in [0.25, 0.3) is 0 Å². The number of nitrogens with one attached hydrogen (secondary N) is 2. The van der Waals surface area contributed by atoms with Gasteiger partial charge in [-0.25, -0.2) is 9.59 Å². The van der Waals surface area contributed by atoms with Crippen LogP contribution in [0.15, 0.2) is 0 Å². The first kappa shape index (κ1) is 17.7. The Bertz CT molecular complexity index is 269. The maximum Gasteiger partial charge on any atom is 0.326 e. The molecule has 0 aromatic rings. The van der Waals surface area contributed by atoms with Crippen molar-refractivity contribution in [2.75, 3.05) is 20.3 Å². The third-order valence-electron chi connectivity index (χ3n) is 2.69. The van der Waals surface area contributed by atoms with E-state index in [1.54, 1.807) is 7.11 Å². The summed E-state index contributed by atoms with van der Waals surface area (Å²) in [6.45, 7) is 5.29. The Balaban J connectivity index is 3.86. The van der Waals surface area contributed by atoms with Crippen LogP contribution in [0.4, 0.5) is 4.79 Å². The van der Waals surface area contributed by atoms with Gasteiger partial charge < -0.3 is 20.5 Å². The highest BCUT2D eigenvalue weighted by molar-refractivity contribution is 5.82. The van der Waals surface area contributed by atoms with Crippen LogP contribution in [0.5, 0.6) is 0 Å². The number of methoxy groups -OCH3 is 1. The Morgan fingerprint density at radius 1 is 1.21 bits per heavy atom. The smallest absolute Gasteiger partial charge is 0.326 e. The molecule has 1 atom stereocenters. The molecule has 0 spiro atoms. The molecule has 2 amide bonds. The molecule has 0 saturated heterocycles. The molecular weight excluding hydrogens is 248 g/mol. The number of ether oxygens (including phenoxy) is 1. The van der Waals surface area contributed by atoms with E-state index in [0.29, 0.717) is 31.9 Å². The monoisotopic (exact) mass is 274 g/mol. The predicted octanol–water partition coefficient (Wildman–Crippen LogP) is 1.60. The summed E-state index contributed by atoms with van der Waals surface area (Å²) in [5.41, 5.74) is 0. The van der Waals surface area contributed by atoms with Crippen molar-refractivity contribution in [1.82, 2.24) is 10.6 Å². The van der Waals surface area contributed by atoms with Crippen LogP contribution in [-0.4, -0.2) is 43.4 Å². The van der Waals surface area contributed by atoms with Gasteiger partial charge in [0.15, 0.2) is 0 Å². The van der Waals surface area contributed by atoms with Gasteiger partial charge in [-0.2, -0.15) is 0 Å². The van der Waals surface area contributed by atoms with Crippen LogP contribution in [0.1, 0.15) is 39.5 Å². The lowest BCUT2D eigenvalue weighted by atomic mass is 10.1. The number of hydrogen-bond donors (Lipinski definition) is 3. The van der Waals surface area contributed by atoms with Crippen molar-refractivity contribution in [3.05, 3.63) is 0 Å². The SMILES string of the molecule is COCCCC(NC(=O)NCCCC(C)C)C(=O)O. The highest BCUT2D eigenvalue weighted by Gasteiger charge is 2.18. The van der Waals surface area contributed by atoms with Crippen LogP contribution in [0.25, 0.3) is 0 Å². The number of rotatable bonds is 10. The summed E-state index contributed by atoms with van der Waals surface area (Å²) in [5, 5.41) is 14.1. The standard InChI is InChI=1S/C13H26N2O4/c1-10(2)6-4-8-14-13(18)15-11(12(16)17)7-5-9-19-3/h10-11H,4-9H2,1-3H3,(H,16,17)(H2,14,15,18). The van der Waals surface area contributed by atoms with Gasteiger partial charge in [-0.15, -0.1) is 0 Å². The summed E-state index contributed by atoms with van der Waals surface area (Å²) in [7, 11) is 1.56. The Morgan fingerprint density at radius 2 is 1.89 bits per heavy atom. The number of hydrogen-bond acceptors (Lipinski definition) is 3. The Kier molecular flexibility index (Phi) is 9.88. The molecule has 0 saturated carbocycles. The average molecular weight is 274 g/mol. The summed E-state index contributed by atoms with van der Waals surface area (Å²) in [6, 6.07) is -1.28. The normalized spacial score (nSPS) is 12.2. The molecule has 112 valence electrons. The first-order valence-electron chi connectivity index (χ1n) is 6.73.